The van der Waals surface area contributed by atoms with Gasteiger partial charge in [-0.2, -0.15) is 0 Å². The molecule has 16 heavy (non-hydrogen) atoms. The molecule has 0 aliphatic heterocycles. The average Bonchev–Trinajstić information content (AvgIpc) is 2.72. The minimum atomic E-state index is -0.866. The molecule has 0 atom stereocenters. The summed E-state index contributed by atoms with van der Waals surface area (Å²) in [4.78, 5) is 14.3. The second-order valence-corrected chi connectivity index (χ2v) is 4.69. The number of nitrogens with zero attached hydrogens (tertiary/aromatic N) is 1. The van der Waals surface area contributed by atoms with Crippen LogP contribution in [0, 0.1) is 0 Å². The summed E-state index contributed by atoms with van der Waals surface area (Å²) in [5.41, 5.74) is 0. The van der Waals surface area contributed by atoms with E-state index in [4.69, 9.17) is 10.2 Å². The quantitative estimate of drug-likeness (QED) is 0.764. The standard InChI is InChI=1S/C11H17NO3S/c1-2-12(6-3-7-13)8-9-4-5-10(16-9)11(14)15/h4-5,13H,2-3,6-8H2,1H3,(H,14,15). The lowest BCUT2D eigenvalue weighted by atomic mass is 10.3. The lowest BCUT2D eigenvalue weighted by molar-refractivity contribution is 0.0702. The first-order valence-electron chi connectivity index (χ1n) is 5.32. The first kappa shape index (κ1) is 13.2. The Morgan fingerprint density at radius 2 is 2.25 bits per heavy atom. The van der Waals surface area contributed by atoms with Gasteiger partial charge >= 0.3 is 5.97 Å². The largest absolute Gasteiger partial charge is 0.477 e. The molecule has 0 unspecified atom stereocenters. The zero-order valence-corrected chi connectivity index (χ0v) is 10.2. The molecule has 0 fully saturated rings. The third kappa shape index (κ3) is 3.92. The van der Waals surface area contributed by atoms with Gasteiger partial charge in [-0.15, -0.1) is 11.3 Å². The summed E-state index contributed by atoms with van der Waals surface area (Å²) < 4.78 is 0. The van der Waals surface area contributed by atoms with Crippen molar-refractivity contribution in [1.29, 1.82) is 0 Å². The van der Waals surface area contributed by atoms with Crippen LogP contribution >= 0.6 is 11.3 Å². The molecule has 1 heterocycles. The van der Waals surface area contributed by atoms with Gasteiger partial charge in [-0.3, -0.25) is 4.90 Å². The number of hydrogen-bond acceptors (Lipinski definition) is 4. The maximum atomic E-state index is 10.7. The van der Waals surface area contributed by atoms with Crippen LogP contribution in [0.25, 0.3) is 0 Å². The van der Waals surface area contributed by atoms with Crippen LogP contribution in [0.4, 0.5) is 0 Å². The Morgan fingerprint density at radius 3 is 2.75 bits per heavy atom. The van der Waals surface area contributed by atoms with E-state index >= 15 is 0 Å². The summed E-state index contributed by atoms with van der Waals surface area (Å²) in [6, 6.07) is 3.50. The monoisotopic (exact) mass is 243 g/mol. The summed E-state index contributed by atoms with van der Waals surface area (Å²) in [5.74, 6) is -0.866. The number of carboxylic acids is 1. The minimum Gasteiger partial charge on any atom is -0.477 e. The van der Waals surface area contributed by atoms with E-state index in [-0.39, 0.29) is 6.61 Å². The molecule has 0 aliphatic rings. The zero-order chi connectivity index (χ0) is 12.0. The Bertz CT molecular complexity index is 338. The highest BCUT2D eigenvalue weighted by Crippen LogP contribution is 2.18. The highest BCUT2D eigenvalue weighted by Gasteiger charge is 2.09. The van der Waals surface area contributed by atoms with Gasteiger partial charge in [0.2, 0.25) is 0 Å². The fourth-order valence-corrected chi connectivity index (χ4v) is 2.33. The van der Waals surface area contributed by atoms with Crippen LogP contribution in [0.5, 0.6) is 0 Å². The molecule has 0 radical (unpaired) electrons. The average molecular weight is 243 g/mol. The van der Waals surface area contributed by atoms with E-state index in [9.17, 15) is 4.79 Å². The van der Waals surface area contributed by atoms with Crippen LogP contribution in [-0.2, 0) is 6.54 Å². The summed E-state index contributed by atoms with van der Waals surface area (Å²) >= 11 is 1.31. The molecule has 0 bridgehead atoms. The summed E-state index contributed by atoms with van der Waals surface area (Å²) in [5, 5.41) is 17.5. The molecule has 0 amide bonds. The normalized spacial score (nSPS) is 10.9. The summed E-state index contributed by atoms with van der Waals surface area (Å²) in [6.07, 6.45) is 0.755. The molecule has 1 aromatic heterocycles. The second-order valence-electron chi connectivity index (χ2n) is 3.52. The van der Waals surface area contributed by atoms with Crippen molar-refractivity contribution in [3.63, 3.8) is 0 Å². The molecule has 5 heteroatoms. The molecule has 0 saturated heterocycles. The van der Waals surface area contributed by atoms with Gasteiger partial charge in [-0.1, -0.05) is 6.92 Å². The second kappa shape index (κ2) is 6.62. The first-order valence-corrected chi connectivity index (χ1v) is 6.14. The molecular weight excluding hydrogens is 226 g/mol. The number of hydrogen-bond donors (Lipinski definition) is 2. The van der Waals surface area contributed by atoms with E-state index in [1.54, 1.807) is 6.07 Å². The third-order valence-corrected chi connectivity index (χ3v) is 3.39. The first-order chi connectivity index (χ1) is 7.67. The van der Waals surface area contributed by atoms with Crippen LogP contribution in [-0.4, -0.2) is 40.8 Å². The van der Waals surface area contributed by atoms with Crippen LogP contribution < -0.4 is 0 Å². The maximum Gasteiger partial charge on any atom is 0.345 e. The fourth-order valence-electron chi connectivity index (χ4n) is 1.44. The molecule has 1 aromatic rings. The third-order valence-electron chi connectivity index (χ3n) is 2.33. The van der Waals surface area contributed by atoms with Crippen molar-refractivity contribution in [2.24, 2.45) is 0 Å². The van der Waals surface area contributed by atoms with Crippen molar-refractivity contribution < 1.29 is 15.0 Å². The van der Waals surface area contributed by atoms with Gasteiger partial charge in [-0.05, 0) is 25.1 Å². The Hall–Kier alpha value is -0.910. The highest BCUT2D eigenvalue weighted by atomic mass is 32.1. The highest BCUT2D eigenvalue weighted by molar-refractivity contribution is 7.13. The lowest BCUT2D eigenvalue weighted by Crippen LogP contribution is -2.24. The number of aliphatic hydroxyl groups excluding tert-OH is 1. The Kier molecular flexibility index (Phi) is 5.45. The van der Waals surface area contributed by atoms with Crippen molar-refractivity contribution >= 4 is 17.3 Å². The predicted octanol–water partition coefficient (Wildman–Crippen LogP) is 1.65. The Morgan fingerprint density at radius 1 is 1.50 bits per heavy atom. The van der Waals surface area contributed by atoms with Gasteiger partial charge in [0.25, 0.3) is 0 Å². The molecule has 4 nitrogen and oxygen atoms in total. The smallest absolute Gasteiger partial charge is 0.345 e. The van der Waals surface area contributed by atoms with Crippen molar-refractivity contribution in [2.45, 2.75) is 19.9 Å². The number of rotatable bonds is 7. The van der Waals surface area contributed by atoms with Crippen molar-refractivity contribution in [3.8, 4) is 0 Å². The van der Waals surface area contributed by atoms with Gasteiger partial charge < -0.3 is 10.2 Å². The van der Waals surface area contributed by atoms with E-state index in [0.717, 1.165) is 30.9 Å². The number of aromatic carboxylic acids is 1. The molecule has 0 aromatic carbocycles. The SMILES string of the molecule is CCN(CCCO)Cc1ccc(C(=O)O)s1. The molecular formula is C11H17NO3S. The molecule has 90 valence electrons. The van der Waals surface area contributed by atoms with E-state index in [1.807, 2.05) is 6.07 Å². The van der Waals surface area contributed by atoms with Crippen molar-refractivity contribution in [3.05, 3.63) is 21.9 Å². The molecule has 0 saturated carbocycles. The number of carboxylic acid groups (broad SMARTS) is 1. The van der Waals surface area contributed by atoms with E-state index in [0.29, 0.717) is 4.88 Å². The maximum absolute atomic E-state index is 10.7. The molecule has 0 spiro atoms. The van der Waals surface area contributed by atoms with Gasteiger partial charge in [0, 0.05) is 24.6 Å². The van der Waals surface area contributed by atoms with E-state index in [2.05, 4.69) is 11.8 Å². The van der Waals surface area contributed by atoms with E-state index < -0.39 is 5.97 Å². The topological polar surface area (TPSA) is 60.8 Å². The molecule has 0 aliphatic carbocycles. The zero-order valence-electron chi connectivity index (χ0n) is 9.35. The molecule has 2 N–H and O–H groups in total. The van der Waals surface area contributed by atoms with Gasteiger partial charge in [0.15, 0.2) is 0 Å². The lowest BCUT2D eigenvalue weighted by Gasteiger charge is -2.18. The fraction of sp³-hybridized carbons (Fsp3) is 0.545. The van der Waals surface area contributed by atoms with E-state index in [1.165, 1.54) is 11.3 Å². The van der Waals surface area contributed by atoms with Gasteiger partial charge in [0.1, 0.15) is 4.88 Å². The Labute approximate surface area is 99.1 Å². The minimum absolute atomic E-state index is 0.196. The van der Waals surface area contributed by atoms with Crippen LogP contribution in [0.2, 0.25) is 0 Å². The van der Waals surface area contributed by atoms with Crippen LogP contribution in [0.15, 0.2) is 12.1 Å². The predicted molar refractivity (Wildman–Crippen MR) is 63.9 cm³/mol. The van der Waals surface area contributed by atoms with Crippen LogP contribution in [0.3, 0.4) is 0 Å². The number of aliphatic hydroxyl groups is 1. The van der Waals surface area contributed by atoms with Gasteiger partial charge in [-0.25, -0.2) is 4.79 Å². The summed E-state index contributed by atoms with van der Waals surface area (Å²) in [7, 11) is 0. The van der Waals surface area contributed by atoms with Crippen LogP contribution in [0.1, 0.15) is 27.9 Å². The molecule has 1 rings (SSSR count). The van der Waals surface area contributed by atoms with Crippen molar-refractivity contribution in [1.82, 2.24) is 4.90 Å². The summed E-state index contributed by atoms with van der Waals surface area (Å²) in [6.45, 7) is 4.76. The van der Waals surface area contributed by atoms with Crippen molar-refractivity contribution in [2.75, 3.05) is 19.7 Å². The number of carbonyl (C=O) groups is 1. The van der Waals surface area contributed by atoms with Gasteiger partial charge in [0.05, 0.1) is 0 Å². The number of thiophene rings is 1. The Balaban J connectivity index is 2.52.